The van der Waals surface area contributed by atoms with Crippen LogP contribution in [0.15, 0.2) is 48.5 Å². The molecule has 0 saturated carbocycles. The second-order valence-electron chi connectivity index (χ2n) is 9.53. The van der Waals surface area contributed by atoms with Gasteiger partial charge < -0.3 is 10.2 Å². The van der Waals surface area contributed by atoms with Gasteiger partial charge in [0.1, 0.15) is 0 Å². The Hall–Kier alpha value is -3.04. The van der Waals surface area contributed by atoms with Crippen LogP contribution < -0.4 is 0 Å². The van der Waals surface area contributed by atoms with Gasteiger partial charge >= 0.3 is 53.8 Å². The van der Waals surface area contributed by atoms with Crippen molar-refractivity contribution in [3.8, 4) is 0 Å². The van der Waals surface area contributed by atoms with Crippen LogP contribution in [0.4, 0.5) is 87.8 Å². The Kier molecular flexibility index (Phi) is 7.69. The van der Waals surface area contributed by atoms with Gasteiger partial charge in [0.2, 0.25) is 5.60 Å². The fourth-order valence-electron chi connectivity index (χ4n) is 4.55. The van der Waals surface area contributed by atoms with E-state index in [1.807, 2.05) is 0 Å². The molecule has 0 aromatic heterocycles. The van der Waals surface area contributed by atoms with E-state index in [9.17, 15) is 89.2 Å². The average Bonchev–Trinajstić information content (AvgIpc) is 2.89. The summed E-state index contributed by atoms with van der Waals surface area (Å²) in [7, 11) is 0. The maximum atomic E-state index is 15.6. The SMILES string of the molecule is OC1(C(F)(F)F)c2ccccc2C(O)(C(F)(F)C(F)(F)C(F)(F)C(F)(F)C(F)(F)C(F)(F)C(F)(F)C(F)(F)F)c2ccccc21. The summed E-state index contributed by atoms with van der Waals surface area (Å²) in [6.07, 6.45) is -14.0. The molecule has 0 bridgehead atoms. The number of fused-ring (bicyclic) bond motifs is 2. The molecule has 254 valence electrons. The highest BCUT2D eigenvalue weighted by Crippen LogP contribution is 2.68. The summed E-state index contributed by atoms with van der Waals surface area (Å²) in [4.78, 5) is 0. The molecule has 0 amide bonds. The number of hydrogen-bond donors (Lipinski definition) is 2. The number of benzene rings is 2. The Morgan fingerprint density at radius 3 is 0.867 bits per heavy atom. The summed E-state index contributed by atoms with van der Waals surface area (Å²) in [6.45, 7) is 0. The summed E-state index contributed by atoms with van der Waals surface area (Å²) in [5, 5.41) is 21.4. The van der Waals surface area contributed by atoms with E-state index in [0.29, 0.717) is 24.3 Å². The van der Waals surface area contributed by atoms with Crippen LogP contribution in [-0.4, -0.2) is 64.0 Å². The molecule has 0 atom stereocenters. The quantitative estimate of drug-likeness (QED) is 0.288. The van der Waals surface area contributed by atoms with Gasteiger partial charge in [0, 0.05) is 22.3 Å². The van der Waals surface area contributed by atoms with Gasteiger partial charge in [0.05, 0.1) is 0 Å². The van der Waals surface area contributed by atoms with Gasteiger partial charge in [-0.25, -0.2) is 0 Å². The van der Waals surface area contributed by atoms with Crippen LogP contribution in [0.3, 0.4) is 0 Å². The van der Waals surface area contributed by atoms with Gasteiger partial charge in [0.15, 0.2) is 5.60 Å². The van der Waals surface area contributed by atoms with Crippen LogP contribution in [0.25, 0.3) is 0 Å². The molecule has 2 aromatic carbocycles. The highest BCUT2D eigenvalue weighted by Gasteiger charge is 2.96. The molecule has 1 aliphatic carbocycles. The first-order chi connectivity index (χ1) is 19.7. The Labute approximate surface area is 234 Å². The molecule has 2 nitrogen and oxygen atoms in total. The zero-order chi connectivity index (χ0) is 35.5. The van der Waals surface area contributed by atoms with E-state index in [1.165, 1.54) is 0 Å². The van der Waals surface area contributed by atoms with Crippen molar-refractivity contribution < 1.29 is 98.0 Å². The van der Waals surface area contributed by atoms with Crippen LogP contribution >= 0.6 is 0 Å². The first kappa shape index (κ1) is 36.4. The maximum Gasteiger partial charge on any atom is 0.460 e. The highest BCUT2D eigenvalue weighted by atomic mass is 19.4. The first-order valence-corrected chi connectivity index (χ1v) is 11.1. The molecular weight excluding hydrogens is 688 g/mol. The zero-order valence-electron chi connectivity index (χ0n) is 20.6. The third-order valence-corrected chi connectivity index (χ3v) is 7.00. The lowest BCUT2D eigenvalue weighted by Crippen LogP contribution is -2.76. The lowest BCUT2D eigenvalue weighted by molar-refractivity contribution is -0.466. The van der Waals surface area contributed by atoms with Gasteiger partial charge in [0.25, 0.3) is 0 Å². The molecule has 0 heterocycles. The zero-order valence-corrected chi connectivity index (χ0v) is 20.6. The lowest BCUT2D eigenvalue weighted by Gasteiger charge is -2.50. The van der Waals surface area contributed by atoms with Crippen LogP contribution in [0, 0.1) is 0 Å². The molecule has 0 radical (unpaired) electrons. The Balaban J connectivity index is 2.38. The van der Waals surface area contributed by atoms with E-state index in [2.05, 4.69) is 0 Å². The van der Waals surface area contributed by atoms with Gasteiger partial charge in [-0.1, -0.05) is 48.5 Å². The number of halogens is 20. The molecule has 0 spiro atoms. The van der Waals surface area contributed by atoms with Gasteiger partial charge in [-0.2, -0.15) is 87.8 Å². The van der Waals surface area contributed by atoms with Crippen molar-refractivity contribution in [1.82, 2.24) is 0 Å². The van der Waals surface area contributed by atoms with Crippen LogP contribution in [-0.2, 0) is 11.2 Å². The standard InChI is InChI=1S/C23H10F20O2/c24-15(25,16(26,27)17(28,29)18(30,31)19(32,33)20(34,35)21(36,37)23(41,42)43)13(44)9-5-1-3-7-11(9)14(45,22(38,39)40)12-8-4-2-6-10(12)13/h1-8,44-45H. The predicted octanol–water partition coefficient (Wildman–Crippen LogP) is 8.04. The topological polar surface area (TPSA) is 40.5 Å². The number of alkyl halides is 20. The van der Waals surface area contributed by atoms with Crippen molar-refractivity contribution in [3.63, 3.8) is 0 Å². The Morgan fingerprint density at radius 2 is 0.600 bits per heavy atom. The number of hydrogen-bond acceptors (Lipinski definition) is 2. The summed E-state index contributed by atoms with van der Waals surface area (Å²) >= 11 is 0. The molecule has 1 aliphatic rings. The molecule has 45 heavy (non-hydrogen) atoms. The highest BCUT2D eigenvalue weighted by molar-refractivity contribution is 5.59. The molecule has 0 aliphatic heterocycles. The van der Waals surface area contributed by atoms with E-state index < -0.39 is 87.3 Å². The molecule has 3 rings (SSSR count). The summed E-state index contributed by atoms with van der Waals surface area (Å²) in [5.74, 6) is -60.0. The second kappa shape index (κ2) is 9.50. The maximum absolute atomic E-state index is 15.6. The molecule has 2 N–H and O–H groups in total. The number of rotatable bonds is 7. The molecule has 2 aromatic rings. The van der Waals surface area contributed by atoms with E-state index in [0.717, 1.165) is 0 Å². The van der Waals surface area contributed by atoms with Crippen molar-refractivity contribution in [1.29, 1.82) is 0 Å². The third-order valence-electron chi connectivity index (χ3n) is 7.00. The predicted molar refractivity (Wildman–Crippen MR) is 106 cm³/mol. The Morgan fingerprint density at radius 1 is 0.356 bits per heavy atom. The molecular formula is C23H10F20O2. The number of aliphatic hydroxyl groups is 2. The van der Waals surface area contributed by atoms with Crippen LogP contribution in [0.2, 0.25) is 0 Å². The minimum Gasteiger partial charge on any atom is -0.374 e. The molecule has 22 heteroatoms. The van der Waals surface area contributed by atoms with Crippen molar-refractivity contribution in [2.75, 3.05) is 0 Å². The van der Waals surface area contributed by atoms with Crippen molar-refractivity contribution in [2.24, 2.45) is 0 Å². The van der Waals surface area contributed by atoms with Crippen molar-refractivity contribution in [2.45, 2.75) is 65.0 Å². The third kappa shape index (κ3) is 4.05. The van der Waals surface area contributed by atoms with E-state index in [1.54, 1.807) is 0 Å². The largest absolute Gasteiger partial charge is 0.460 e. The minimum absolute atomic E-state index is 0.0153. The fourth-order valence-corrected chi connectivity index (χ4v) is 4.55. The lowest BCUT2D eigenvalue weighted by atomic mass is 9.63. The van der Waals surface area contributed by atoms with E-state index in [4.69, 9.17) is 0 Å². The summed E-state index contributed by atoms with van der Waals surface area (Å²) < 4.78 is 279. The molecule has 0 saturated heterocycles. The first-order valence-electron chi connectivity index (χ1n) is 11.1. The van der Waals surface area contributed by atoms with Crippen LogP contribution in [0.1, 0.15) is 22.3 Å². The summed E-state index contributed by atoms with van der Waals surface area (Å²) in [5.41, 5.74) is -18.9. The van der Waals surface area contributed by atoms with Crippen molar-refractivity contribution in [3.05, 3.63) is 70.8 Å². The molecule has 0 unspecified atom stereocenters. The molecule has 0 fully saturated rings. The monoisotopic (exact) mass is 698 g/mol. The smallest absolute Gasteiger partial charge is 0.374 e. The summed E-state index contributed by atoms with van der Waals surface area (Å²) in [6, 6.07) is 1.15. The van der Waals surface area contributed by atoms with Crippen LogP contribution in [0.5, 0.6) is 0 Å². The van der Waals surface area contributed by atoms with Gasteiger partial charge in [-0.15, -0.1) is 0 Å². The second-order valence-corrected chi connectivity index (χ2v) is 9.53. The van der Waals surface area contributed by atoms with E-state index >= 15 is 8.78 Å². The van der Waals surface area contributed by atoms with Gasteiger partial charge in [-0.05, 0) is 0 Å². The Bertz CT molecular complexity index is 1410. The minimum atomic E-state index is -8.98. The fraction of sp³-hybridized carbons (Fsp3) is 0.478. The normalized spacial score (nSPS) is 22.6. The van der Waals surface area contributed by atoms with Crippen molar-refractivity contribution >= 4 is 0 Å². The van der Waals surface area contributed by atoms with Gasteiger partial charge in [-0.3, -0.25) is 0 Å². The van der Waals surface area contributed by atoms with E-state index in [-0.39, 0.29) is 24.3 Å². The average molecular weight is 698 g/mol.